The number of aryl methyl sites for hydroxylation is 1. The second kappa shape index (κ2) is 10.4. The Morgan fingerprint density at radius 1 is 1.22 bits per heavy atom. The van der Waals surface area contributed by atoms with Crippen LogP contribution in [0.5, 0.6) is 0 Å². The lowest BCUT2D eigenvalue weighted by atomic mass is 10.0. The van der Waals surface area contributed by atoms with Crippen molar-refractivity contribution >= 4 is 28.3 Å². The number of nitrogens with zero attached hydrogens (tertiary/aromatic N) is 1. The Morgan fingerprint density at radius 2 is 1.85 bits per heavy atom. The van der Waals surface area contributed by atoms with Crippen LogP contribution in [-0.2, 0) is 10.0 Å². The molecule has 154 valence electrons. The summed E-state index contributed by atoms with van der Waals surface area (Å²) in [6.45, 7) is 8.00. The van der Waals surface area contributed by atoms with Crippen molar-refractivity contribution in [2.24, 2.45) is 11.7 Å². The summed E-state index contributed by atoms with van der Waals surface area (Å²) in [5.41, 5.74) is 7.37. The largest absolute Gasteiger partial charge is 0.352 e. The molecule has 0 radical (unpaired) electrons. The molecule has 1 aliphatic heterocycles. The molecule has 0 unspecified atom stereocenters. The van der Waals surface area contributed by atoms with Crippen molar-refractivity contribution in [3.63, 3.8) is 0 Å². The molecule has 0 aliphatic carbocycles. The predicted molar refractivity (Wildman–Crippen MR) is 111 cm³/mol. The Balaban J connectivity index is 0.00000364. The van der Waals surface area contributed by atoms with E-state index in [4.69, 9.17) is 5.73 Å². The maximum atomic E-state index is 13.1. The second-order valence-electron chi connectivity index (χ2n) is 7.25. The number of hydrogen-bond acceptors (Lipinski definition) is 4. The van der Waals surface area contributed by atoms with Gasteiger partial charge in [0.1, 0.15) is 0 Å². The van der Waals surface area contributed by atoms with Gasteiger partial charge in [-0.2, -0.15) is 4.31 Å². The maximum absolute atomic E-state index is 13.1. The number of sulfonamides is 1. The van der Waals surface area contributed by atoms with Gasteiger partial charge in [0.15, 0.2) is 0 Å². The first-order chi connectivity index (χ1) is 12.3. The molecule has 3 N–H and O–H groups in total. The minimum absolute atomic E-state index is 0. The van der Waals surface area contributed by atoms with Crippen LogP contribution in [0.2, 0.25) is 0 Å². The summed E-state index contributed by atoms with van der Waals surface area (Å²) in [6, 6.07) is 3.28. The molecule has 1 amide bonds. The molecule has 2 rings (SSSR count). The van der Waals surface area contributed by atoms with Gasteiger partial charge in [-0.15, -0.1) is 12.4 Å². The normalized spacial score (nSPS) is 16.0. The highest BCUT2D eigenvalue weighted by molar-refractivity contribution is 7.89. The van der Waals surface area contributed by atoms with Crippen LogP contribution in [0.25, 0.3) is 0 Å². The van der Waals surface area contributed by atoms with Gasteiger partial charge in [0, 0.05) is 25.2 Å². The molecular weight excluding hydrogens is 386 g/mol. The lowest BCUT2D eigenvalue weighted by molar-refractivity contribution is 0.0952. The predicted octanol–water partition coefficient (Wildman–Crippen LogP) is 2.61. The molecular formula is C19H32ClN3O3S. The highest BCUT2D eigenvalue weighted by Gasteiger charge is 2.30. The molecule has 1 aromatic rings. The fourth-order valence-electron chi connectivity index (χ4n) is 3.16. The monoisotopic (exact) mass is 417 g/mol. The van der Waals surface area contributed by atoms with E-state index in [1.54, 1.807) is 17.3 Å². The Hall–Kier alpha value is -1.15. The Bertz CT molecular complexity index is 745. The zero-order valence-corrected chi connectivity index (χ0v) is 18.1. The first-order valence-corrected chi connectivity index (χ1v) is 10.8. The zero-order valence-electron chi connectivity index (χ0n) is 16.5. The number of halogens is 1. The molecule has 1 fully saturated rings. The van der Waals surface area contributed by atoms with Crippen LogP contribution in [0.4, 0.5) is 0 Å². The van der Waals surface area contributed by atoms with Crippen molar-refractivity contribution in [1.82, 2.24) is 9.62 Å². The lowest BCUT2D eigenvalue weighted by Crippen LogP contribution is -2.38. The molecule has 1 heterocycles. The van der Waals surface area contributed by atoms with Gasteiger partial charge < -0.3 is 11.1 Å². The number of rotatable bonds is 7. The van der Waals surface area contributed by atoms with Crippen molar-refractivity contribution < 1.29 is 13.2 Å². The first-order valence-electron chi connectivity index (χ1n) is 9.37. The Morgan fingerprint density at radius 3 is 2.44 bits per heavy atom. The summed E-state index contributed by atoms with van der Waals surface area (Å²) in [6.07, 6.45) is 3.40. The molecule has 1 aromatic carbocycles. The van der Waals surface area contributed by atoms with Gasteiger partial charge >= 0.3 is 0 Å². The van der Waals surface area contributed by atoms with E-state index in [9.17, 15) is 13.2 Å². The van der Waals surface area contributed by atoms with Crippen LogP contribution >= 0.6 is 12.4 Å². The number of piperidine rings is 1. The molecule has 0 spiro atoms. The average Bonchev–Trinajstić information content (AvgIpc) is 2.61. The van der Waals surface area contributed by atoms with Crippen LogP contribution in [0.1, 0.15) is 54.1 Å². The van der Waals surface area contributed by atoms with Gasteiger partial charge in [-0.3, -0.25) is 4.79 Å². The van der Waals surface area contributed by atoms with E-state index in [1.807, 2.05) is 6.92 Å². The van der Waals surface area contributed by atoms with Gasteiger partial charge in [0.25, 0.3) is 5.91 Å². The number of benzene rings is 1. The average molecular weight is 418 g/mol. The fourth-order valence-corrected chi connectivity index (χ4v) is 4.96. The number of carbonyl (C=O) groups excluding carboxylic acids is 1. The molecule has 27 heavy (non-hydrogen) atoms. The third kappa shape index (κ3) is 5.91. The number of carbonyl (C=O) groups is 1. The van der Waals surface area contributed by atoms with Crippen LogP contribution in [-0.4, -0.2) is 44.8 Å². The topological polar surface area (TPSA) is 92.5 Å². The van der Waals surface area contributed by atoms with E-state index in [0.29, 0.717) is 43.2 Å². The van der Waals surface area contributed by atoms with E-state index < -0.39 is 10.0 Å². The molecule has 0 saturated carbocycles. The Labute approximate surface area is 169 Å². The number of nitrogens with two attached hydrogens (primary N) is 1. The molecule has 1 saturated heterocycles. The van der Waals surface area contributed by atoms with Crippen molar-refractivity contribution in [3.05, 3.63) is 28.8 Å². The zero-order chi connectivity index (χ0) is 19.3. The summed E-state index contributed by atoms with van der Waals surface area (Å²) in [7, 11) is -3.59. The van der Waals surface area contributed by atoms with Crippen molar-refractivity contribution in [2.45, 2.75) is 51.3 Å². The van der Waals surface area contributed by atoms with Crippen molar-refractivity contribution in [1.29, 1.82) is 0 Å². The van der Waals surface area contributed by atoms with Crippen LogP contribution in [0, 0.1) is 19.8 Å². The van der Waals surface area contributed by atoms with E-state index in [0.717, 1.165) is 31.2 Å². The number of nitrogens with one attached hydrogen (secondary N) is 1. The number of amides is 1. The maximum Gasteiger partial charge on any atom is 0.251 e. The number of hydrogen-bond donors (Lipinski definition) is 2. The fraction of sp³-hybridized carbons (Fsp3) is 0.632. The minimum Gasteiger partial charge on any atom is -0.352 e. The molecule has 0 bridgehead atoms. The summed E-state index contributed by atoms with van der Waals surface area (Å²) in [4.78, 5) is 12.7. The van der Waals surface area contributed by atoms with Crippen LogP contribution in [0.15, 0.2) is 17.0 Å². The number of unbranched alkanes of at least 4 members (excludes halogenated alkanes) is 1. The standard InChI is InChI=1S/C19H31N3O3S.ClH/c1-14-6-10-22(11-7-14)26(24,25)18-13-17(12-15(2)16(18)3)19(23)21-9-5-4-8-20;/h12-14H,4-11,20H2,1-3H3,(H,21,23);1H. The summed E-state index contributed by atoms with van der Waals surface area (Å²) in [5.74, 6) is 0.309. The quantitative estimate of drug-likeness (QED) is 0.667. The summed E-state index contributed by atoms with van der Waals surface area (Å²) >= 11 is 0. The van der Waals surface area contributed by atoms with E-state index in [1.165, 1.54) is 6.07 Å². The smallest absolute Gasteiger partial charge is 0.251 e. The molecule has 8 heteroatoms. The minimum atomic E-state index is -3.59. The highest BCUT2D eigenvalue weighted by atomic mass is 35.5. The first kappa shape index (κ1) is 23.9. The third-order valence-corrected chi connectivity index (χ3v) is 7.18. The SMILES string of the molecule is Cc1cc(C(=O)NCCCCN)cc(S(=O)(=O)N2CCC(C)CC2)c1C.Cl. The lowest BCUT2D eigenvalue weighted by Gasteiger charge is -2.30. The van der Waals surface area contributed by atoms with Gasteiger partial charge in [-0.25, -0.2) is 8.42 Å². The third-order valence-electron chi connectivity index (χ3n) is 5.16. The van der Waals surface area contributed by atoms with E-state index in [2.05, 4.69) is 12.2 Å². The summed E-state index contributed by atoms with van der Waals surface area (Å²) < 4.78 is 27.8. The molecule has 1 aliphatic rings. The van der Waals surface area contributed by atoms with Crippen molar-refractivity contribution in [2.75, 3.05) is 26.2 Å². The highest BCUT2D eigenvalue weighted by Crippen LogP contribution is 2.28. The molecule has 0 atom stereocenters. The Kier molecular flexibility index (Phi) is 9.21. The van der Waals surface area contributed by atoms with Gasteiger partial charge in [0.05, 0.1) is 4.90 Å². The van der Waals surface area contributed by atoms with Gasteiger partial charge in [0.2, 0.25) is 10.0 Å². The second-order valence-corrected chi connectivity index (χ2v) is 9.16. The van der Waals surface area contributed by atoms with Crippen LogP contribution < -0.4 is 11.1 Å². The van der Waals surface area contributed by atoms with E-state index >= 15 is 0 Å². The van der Waals surface area contributed by atoms with Crippen LogP contribution in [0.3, 0.4) is 0 Å². The molecule has 0 aromatic heterocycles. The van der Waals surface area contributed by atoms with Gasteiger partial charge in [-0.05, 0) is 75.3 Å². The van der Waals surface area contributed by atoms with Crippen molar-refractivity contribution in [3.8, 4) is 0 Å². The van der Waals surface area contributed by atoms with Gasteiger partial charge in [-0.1, -0.05) is 6.92 Å². The molecule has 6 nitrogen and oxygen atoms in total. The van der Waals surface area contributed by atoms with E-state index in [-0.39, 0.29) is 23.2 Å². The summed E-state index contributed by atoms with van der Waals surface area (Å²) in [5, 5.41) is 2.84.